The van der Waals surface area contributed by atoms with E-state index in [4.69, 9.17) is 16.3 Å². The Kier molecular flexibility index (Phi) is 6.68. The maximum absolute atomic E-state index is 9.98. The van der Waals surface area contributed by atoms with E-state index in [-0.39, 0.29) is 6.10 Å². The van der Waals surface area contributed by atoms with Gasteiger partial charge in [0.25, 0.3) is 0 Å². The first-order valence-electron chi connectivity index (χ1n) is 6.56. The average molecular weight is 275 g/mol. The monoisotopic (exact) mass is 274 g/mol. The van der Waals surface area contributed by atoms with E-state index in [0.29, 0.717) is 18.1 Å². The lowest BCUT2D eigenvalue weighted by Crippen LogP contribution is -2.14. The Balaban J connectivity index is 2.48. The van der Waals surface area contributed by atoms with Crippen molar-refractivity contribution in [1.29, 1.82) is 0 Å². The molecular formula is C13H23ClN2O2. The molecule has 1 rings (SSSR count). The summed E-state index contributed by atoms with van der Waals surface area (Å²) in [6.45, 7) is 5.42. The van der Waals surface area contributed by atoms with Crippen LogP contribution in [0.25, 0.3) is 0 Å². The van der Waals surface area contributed by atoms with Gasteiger partial charge in [0.1, 0.15) is 0 Å². The molecule has 1 aromatic heterocycles. The predicted molar refractivity (Wildman–Crippen MR) is 73.0 cm³/mol. The smallest absolute Gasteiger partial charge is 0.0850 e. The Morgan fingerprint density at radius 3 is 2.72 bits per heavy atom. The number of nitrogens with zero attached hydrogens (tertiary/aromatic N) is 2. The molecule has 0 aromatic carbocycles. The van der Waals surface area contributed by atoms with Crippen molar-refractivity contribution in [3.63, 3.8) is 0 Å². The summed E-state index contributed by atoms with van der Waals surface area (Å²) in [5, 5.41) is 15.0. The Morgan fingerprint density at radius 1 is 1.44 bits per heavy atom. The lowest BCUT2D eigenvalue weighted by atomic mass is 10.1. The largest absolute Gasteiger partial charge is 0.393 e. The molecule has 0 bridgehead atoms. The molecule has 0 aliphatic heterocycles. The fraction of sp³-hybridized carbons (Fsp3) is 0.769. The minimum Gasteiger partial charge on any atom is -0.393 e. The van der Waals surface area contributed by atoms with E-state index in [1.54, 1.807) is 4.68 Å². The molecule has 104 valence electrons. The van der Waals surface area contributed by atoms with Crippen molar-refractivity contribution in [1.82, 2.24) is 9.78 Å². The second-order valence-corrected chi connectivity index (χ2v) is 4.76. The number of hydrogen-bond donors (Lipinski definition) is 1. The summed E-state index contributed by atoms with van der Waals surface area (Å²) < 4.78 is 7.02. The molecule has 1 N–H and O–H groups in total. The van der Waals surface area contributed by atoms with Gasteiger partial charge in [-0.2, -0.15) is 5.10 Å². The second kappa shape index (κ2) is 7.77. The highest BCUT2D eigenvalue weighted by Crippen LogP contribution is 2.22. The zero-order valence-corrected chi connectivity index (χ0v) is 12.2. The van der Waals surface area contributed by atoms with Gasteiger partial charge in [0, 0.05) is 26.7 Å². The predicted octanol–water partition coefficient (Wildman–Crippen LogP) is 2.36. The molecule has 5 heteroatoms. The molecule has 0 saturated carbocycles. The van der Waals surface area contributed by atoms with Gasteiger partial charge < -0.3 is 9.84 Å². The minimum absolute atomic E-state index is 0.386. The first kappa shape index (κ1) is 15.5. The van der Waals surface area contributed by atoms with E-state index in [1.807, 2.05) is 20.9 Å². The summed E-state index contributed by atoms with van der Waals surface area (Å²) in [5.74, 6) is 0. The van der Waals surface area contributed by atoms with Crippen molar-refractivity contribution in [2.75, 3.05) is 13.2 Å². The molecule has 1 unspecified atom stereocenters. The number of aliphatic hydroxyl groups is 1. The number of ether oxygens (including phenoxy) is 1. The van der Waals surface area contributed by atoms with Crippen LogP contribution in [0.15, 0.2) is 0 Å². The van der Waals surface area contributed by atoms with Gasteiger partial charge in [-0.3, -0.25) is 4.68 Å². The summed E-state index contributed by atoms with van der Waals surface area (Å²) >= 11 is 6.24. The maximum atomic E-state index is 9.98. The maximum Gasteiger partial charge on any atom is 0.0850 e. The van der Waals surface area contributed by atoms with Gasteiger partial charge >= 0.3 is 0 Å². The first-order valence-corrected chi connectivity index (χ1v) is 6.93. The van der Waals surface area contributed by atoms with Gasteiger partial charge in [0.2, 0.25) is 0 Å². The number of rotatable bonds is 8. The number of aryl methyl sites for hydroxylation is 2. The molecule has 0 aliphatic carbocycles. The number of aliphatic hydroxyl groups excluding tert-OH is 1. The minimum atomic E-state index is -0.386. The summed E-state index contributed by atoms with van der Waals surface area (Å²) in [6.07, 6.45) is 2.57. The Morgan fingerprint density at radius 2 is 2.17 bits per heavy atom. The van der Waals surface area contributed by atoms with Crippen molar-refractivity contribution in [2.45, 2.75) is 45.6 Å². The topological polar surface area (TPSA) is 47.3 Å². The fourth-order valence-electron chi connectivity index (χ4n) is 1.93. The van der Waals surface area contributed by atoms with Crippen molar-refractivity contribution >= 4 is 11.6 Å². The third-order valence-corrected chi connectivity index (χ3v) is 3.40. The van der Waals surface area contributed by atoms with E-state index in [0.717, 1.165) is 37.3 Å². The van der Waals surface area contributed by atoms with E-state index in [2.05, 4.69) is 5.10 Å². The van der Waals surface area contributed by atoms with Gasteiger partial charge in [-0.1, -0.05) is 18.5 Å². The SMILES string of the molecule is CCOCCCC(O)Cc1c(Cl)c(CC)nn1C. The molecule has 18 heavy (non-hydrogen) atoms. The standard InChI is InChI=1S/C13H23ClN2O2/c1-4-11-13(14)12(16(3)15-11)9-10(17)7-6-8-18-5-2/h10,17H,4-9H2,1-3H3. The summed E-state index contributed by atoms with van der Waals surface area (Å²) in [6, 6.07) is 0. The van der Waals surface area contributed by atoms with Crippen LogP contribution in [-0.4, -0.2) is 34.2 Å². The van der Waals surface area contributed by atoms with Crippen LogP contribution in [0.2, 0.25) is 5.02 Å². The number of hydrogen-bond acceptors (Lipinski definition) is 3. The molecular weight excluding hydrogens is 252 g/mol. The molecule has 0 fully saturated rings. The quantitative estimate of drug-likeness (QED) is 0.741. The van der Waals surface area contributed by atoms with Gasteiger partial charge in [-0.25, -0.2) is 0 Å². The molecule has 1 atom stereocenters. The third kappa shape index (κ3) is 4.26. The highest BCUT2D eigenvalue weighted by molar-refractivity contribution is 6.31. The second-order valence-electron chi connectivity index (χ2n) is 4.38. The Bertz CT molecular complexity index is 366. The van der Waals surface area contributed by atoms with Crippen LogP contribution in [0.1, 0.15) is 38.1 Å². The van der Waals surface area contributed by atoms with Crippen LogP contribution in [0.4, 0.5) is 0 Å². The van der Waals surface area contributed by atoms with E-state index < -0.39 is 0 Å². The summed E-state index contributed by atoms with van der Waals surface area (Å²) in [5.41, 5.74) is 1.81. The van der Waals surface area contributed by atoms with Gasteiger partial charge in [0.15, 0.2) is 0 Å². The van der Waals surface area contributed by atoms with Crippen molar-refractivity contribution < 1.29 is 9.84 Å². The zero-order valence-electron chi connectivity index (χ0n) is 11.4. The Hall–Kier alpha value is -0.580. The van der Waals surface area contributed by atoms with E-state index >= 15 is 0 Å². The van der Waals surface area contributed by atoms with Crippen molar-refractivity contribution in [3.05, 3.63) is 16.4 Å². The molecule has 0 aliphatic rings. The van der Waals surface area contributed by atoms with Gasteiger partial charge in [0.05, 0.1) is 22.5 Å². The van der Waals surface area contributed by atoms with Crippen LogP contribution >= 0.6 is 11.6 Å². The van der Waals surface area contributed by atoms with Crippen LogP contribution in [0.3, 0.4) is 0 Å². The first-order chi connectivity index (χ1) is 8.60. The van der Waals surface area contributed by atoms with E-state index in [1.165, 1.54) is 0 Å². The van der Waals surface area contributed by atoms with Crippen LogP contribution in [0.5, 0.6) is 0 Å². The summed E-state index contributed by atoms with van der Waals surface area (Å²) in [4.78, 5) is 0. The third-order valence-electron chi connectivity index (χ3n) is 2.96. The average Bonchev–Trinajstić information content (AvgIpc) is 2.62. The summed E-state index contributed by atoms with van der Waals surface area (Å²) in [7, 11) is 1.87. The lowest BCUT2D eigenvalue weighted by molar-refractivity contribution is 0.113. The zero-order chi connectivity index (χ0) is 13.5. The number of aromatic nitrogens is 2. The van der Waals surface area contributed by atoms with Crippen LogP contribution in [-0.2, 0) is 24.6 Å². The van der Waals surface area contributed by atoms with Gasteiger partial charge in [-0.05, 0) is 26.2 Å². The molecule has 0 saturated heterocycles. The molecule has 1 heterocycles. The highest BCUT2D eigenvalue weighted by Gasteiger charge is 2.16. The molecule has 1 aromatic rings. The van der Waals surface area contributed by atoms with E-state index in [9.17, 15) is 5.11 Å². The van der Waals surface area contributed by atoms with Crippen LogP contribution < -0.4 is 0 Å². The van der Waals surface area contributed by atoms with Crippen molar-refractivity contribution in [3.8, 4) is 0 Å². The highest BCUT2D eigenvalue weighted by atomic mass is 35.5. The van der Waals surface area contributed by atoms with Gasteiger partial charge in [-0.15, -0.1) is 0 Å². The molecule has 0 spiro atoms. The normalized spacial score (nSPS) is 12.9. The fourth-order valence-corrected chi connectivity index (χ4v) is 2.30. The lowest BCUT2D eigenvalue weighted by Gasteiger charge is -2.11. The Labute approximate surface area is 114 Å². The number of halogens is 1. The molecule has 0 amide bonds. The van der Waals surface area contributed by atoms with Crippen molar-refractivity contribution in [2.24, 2.45) is 7.05 Å². The van der Waals surface area contributed by atoms with Crippen LogP contribution in [0, 0.1) is 0 Å². The molecule has 0 radical (unpaired) electrons. The molecule has 4 nitrogen and oxygen atoms in total.